The zero-order valence-electron chi connectivity index (χ0n) is 12.3. The van der Waals surface area contributed by atoms with Crippen molar-refractivity contribution in [3.63, 3.8) is 0 Å². The first-order valence-corrected chi connectivity index (χ1v) is 7.41. The van der Waals surface area contributed by atoms with Crippen LogP contribution in [0.2, 0.25) is 5.02 Å². The fourth-order valence-corrected chi connectivity index (χ4v) is 2.54. The zero-order valence-corrected chi connectivity index (χ0v) is 13.0. The molecule has 4 heteroatoms. The molecule has 112 valence electrons. The molecule has 0 spiro atoms. The topological polar surface area (TPSA) is 50.4 Å². The molecule has 22 heavy (non-hydrogen) atoms. The molecule has 0 amide bonds. The molecule has 0 aliphatic carbocycles. The number of hydrogen-bond acceptors (Lipinski definition) is 3. The molecule has 3 rings (SSSR count). The highest BCUT2D eigenvalue weighted by atomic mass is 35.5. The molecule has 0 aliphatic heterocycles. The maximum atomic E-state index is 12.3. The van der Waals surface area contributed by atoms with Gasteiger partial charge in [-0.3, -0.25) is 4.79 Å². The normalized spacial score (nSPS) is 11.3. The van der Waals surface area contributed by atoms with E-state index in [9.17, 15) is 9.90 Å². The van der Waals surface area contributed by atoms with Gasteiger partial charge in [0.15, 0.2) is 5.76 Å². The van der Waals surface area contributed by atoms with E-state index < -0.39 is 11.2 Å². The molecule has 0 radical (unpaired) electrons. The predicted molar refractivity (Wildman–Crippen MR) is 88.7 cm³/mol. The van der Waals surface area contributed by atoms with Crippen molar-refractivity contribution in [3.05, 3.63) is 63.3 Å². The van der Waals surface area contributed by atoms with Gasteiger partial charge in [-0.15, -0.1) is 0 Å². The van der Waals surface area contributed by atoms with E-state index in [1.165, 1.54) is 11.6 Å². The number of rotatable bonds is 2. The van der Waals surface area contributed by atoms with Crippen LogP contribution in [0.5, 0.6) is 5.75 Å². The summed E-state index contributed by atoms with van der Waals surface area (Å²) in [6, 6.07) is 12.4. The van der Waals surface area contributed by atoms with Gasteiger partial charge in [0, 0.05) is 10.6 Å². The van der Waals surface area contributed by atoms with Crippen molar-refractivity contribution < 1.29 is 9.52 Å². The van der Waals surface area contributed by atoms with Crippen LogP contribution in [0.15, 0.2) is 51.7 Å². The molecule has 0 atom stereocenters. The molecule has 2 aromatic carbocycles. The molecule has 0 bridgehead atoms. The van der Waals surface area contributed by atoms with Gasteiger partial charge in [0.05, 0.1) is 5.39 Å². The van der Waals surface area contributed by atoms with Gasteiger partial charge in [-0.1, -0.05) is 49.7 Å². The number of hydrogen-bond donors (Lipinski definition) is 1. The molecule has 3 nitrogen and oxygen atoms in total. The van der Waals surface area contributed by atoms with E-state index in [0.29, 0.717) is 22.1 Å². The summed E-state index contributed by atoms with van der Waals surface area (Å²) in [6.45, 7) is 4.21. The molecule has 1 N–H and O–H groups in total. The number of benzene rings is 2. The van der Waals surface area contributed by atoms with Crippen molar-refractivity contribution in [3.8, 4) is 17.1 Å². The average molecular weight is 315 g/mol. The van der Waals surface area contributed by atoms with Crippen molar-refractivity contribution in [1.29, 1.82) is 0 Å². The first-order chi connectivity index (χ1) is 10.5. The third-order valence-electron chi connectivity index (χ3n) is 3.67. The van der Waals surface area contributed by atoms with Gasteiger partial charge < -0.3 is 9.52 Å². The molecule has 1 aromatic heterocycles. The van der Waals surface area contributed by atoms with E-state index in [-0.39, 0.29) is 11.1 Å². The zero-order chi connectivity index (χ0) is 15.9. The highest BCUT2D eigenvalue weighted by Crippen LogP contribution is 2.31. The monoisotopic (exact) mass is 314 g/mol. The van der Waals surface area contributed by atoms with Crippen LogP contribution in [0.4, 0.5) is 0 Å². The van der Waals surface area contributed by atoms with Crippen molar-refractivity contribution in [2.45, 2.75) is 19.8 Å². The third kappa shape index (κ3) is 2.48. The third-order valence-corrected chi connectivity index (χ3v) is 3.90. The second-order valence-corrected chi connectivity index (χ2v) is 5.96. The Kier molecular flexibility index (Phi) is 3.67. The number of fused-ring (bicyclic) bond motifs is 1. The van der Waals surface area contributed by atoms with E-state index in [4.69, 9.17) is 16.0 Å². The molecule has 1 heterocycles. The van der Waals surface area contributed by atoms with Gasteiger partial charge in [0.2, 0.25) is 11.2 Å². The number of aromatic hydroxyl groups is 1. The van der Waals surface area contributed by atoms with Crippen LogP contribution >= 0.6 is 11.6 Å². The van der Waals surface area contributed by atoms with Crippen molar-refractivity contribution in [2.75, 3.05) is 0 Å². The Hall–Kier alpha value is -2.26. The summed E-state index contributed by atoms with van der Waals surface area (Å²) >= 11 is 5.88. The van der Waals surface area contributed by atoms with Gasteiger partial charge in [-0.2, -0.15) is 0 Å². The molecule has 0 fully saturated rings. The lowest BCUT2D eigenvalue weighted by molar-refractivity contribution is 0.449. The van der Waals surface area contributed by atoms with Crippen LogP contribution in [-0.4, -0.2) is 5.11 Å². The summed E-state index contributed by atoms with van der Waals surface area (Å²) in [5.74, 6) is 0.190. The first kappa shape index (κ1) is 14.7. The Bertz CT molecular complexity index is 893. The lowest BCUT2D eigenvalue weighted by Gasteiger charge is -2.08. The standard InChI is InChI=1S/C18H15ClO3/c1-10(2)11-3-5-12(6-4-11)18-17(21)16(20)14-9-13(19)7-8-15(14)22-18/h3-10,21H,1-2H3. The van der Waals surface area contributed by atoms with Gasteiger partial charge in [0.1, 0.15) is 5.58 Å². The van der Waals surface area contributed by atoms with Gasteiger partial charge >= 0.3 is 0 Å². The maximum Gasteiger partial charge on any atom is 0.235 e. The second-order valence-electron chi connectivity index (χ2n) is 5.53. The smallest absolute Gasteiger partial charge is 0.235 e. The van der Waals surface area contributed by atoms with E-state index in [2.05, 4.69) is 13.8 Å². The Morgan fingerprint density at radius 2 is 1.77 bits per heavy atom. The van der Waals surface area contributed by atoms with Crippen molar-refractivity contribution in [1.82, 2.24) is 0 Å². The molecule has 0 aliphatic rings. The van der Waals surface area contributed by atoms with Crippen LogP contribution < -0.4 is 5.43 Å². The van der Waals surface area contributed by atoms with E-state index in [1.807, 2.05) is 24.3 Å². The summed E-state index contributed by atoms with van der Waals surface area (Å²) in [6.07, 6.45) is 0. The summed E-state index contributed by atoms with van der Waals surface area (Å²) in [4.78, 5) is 12.3. The highest BCUT2D eigenvalue weighted by Gasteiger charge is 2.15. The van der Waals surface area contributed by atoms with Gasteiger partial charge in [-0.05, 0) is 29.7 Å². The lowest BCUT2D eigenvalue weighted by atomic mass is 10.0. The minimum atomic E-state index is -0.480. The van der Waals surface area contributed by atoms with Gasteiger partial charge in [-0.25, -0.2) is 0 Å². The first-order valence-electron chi connectivity index (χ1n) is 7.03. The van der Waals surface area contributed by atoms with E-state index in [0.717, 1.165) is 0 Å². The van der Waals surface area contributed by atoms with E-state index >= 15 is 0 Å². The Morgan fingerprint density at radius 1 is 1.09 bits per heavy atom. The lowest BCUT2D eigenvalue weighted by Crippen LogP contribution is -2.02. The fourth-order valence-electron chi connectivity index (χ4n) is 2.37. The molecular formula is C18H15ClO3. The van der Waals surface area contributed by atoms with Crippen LogP contribution in [0, 0.1) is 0 Å². The minimum absolute atomic E-state index is 0.176. The Morgan fingerprint density at radius 3 is 2.41 bits per heavy atom. The summed E-state index contributed by atoms with van der Waals surface area (Å²) < 4.78 is 5.71. The second kappa shape index (κ2) is 5.50. The minimum Gasteiger partial charge on any atom is -0.502 e. The molecule has 0 saturated carbocycles. The maximum absolute atomic E-state index is 12.3. The molecule has 0 unspecified atom stereocenters. The van der Waals surface area contributed by atoms with Crippen LogP contribution in [0.1, 0.15) is 25.3 Å². The SMILES string of the molecule is CC(C)c1ccc(-c2oc3ccc(Cl)cc3c(=O)c2O)cc1. The highest BCUT2D eigenvalue weighted by molar-refractivity contribution is 6.31. The van der Waals surface area contributed by atoms with Gasteiger partial charge in [0.25, 0.3) is 0 Å². The average Bonchev–Trinajstić information content (AvgIpc) is 2.51. The summed E-state index contributed by atoms with van der Waals surface area (Å²) in [5, 5.41) is 10.9. The van der Waals surface area contributed by atoms with E-state index in [1.54, 1.807) is 12.1 Å². The Balaban J connectivity index is 2.21. The summed E-state index contributed by atoms with van der Waals surface area (Å²) in [5.41, 5.74) is 1.76. The quantitative estimate of drug-likeness (QED) is 0.728. The van der Waals surface area contributed by atoms with Crippen LogP contribution in [0.25, 0.3) is 22.3 Å². The Labute approximate surface area is 132 Å². The summed E-state index contributed by atoms with van der Waals surface area (Å²) in [7, 11) is 0. The van der Waals surface area contributed by atoms with Crippen molar-refractivity contribution >= 4 is 22.6 Å². The van der Waals surface area contributed by atoms with Crippen LogP contribution in [-0.2, 0) is 0 Å². The molecular weight excluding hydrogens is 300 g/mol. The molecule has 0 saturated heterocycles. The van der Waals surface area contributed by atoms with Crippen LogP contribution in [0.3, 0.4) is 0 Å². The predicted octanol–water partition coefficient (Wildman–Crippen LogP) is 4.94. The fraction of sp³-hybridized carbons (Fsp3) is 0.167. The largest absolute Gasteiger partial charge is 0.502 e. The molecule has 3 aromatic rings. The number of halogens is 1. The van der Waals surface area contributed by atoms with Crippen molar-refractivity contribution in [2.24, 2.45) is 0 Å².